The van der Waals surface area contributed by atoms with Crippen molar-refractivity contribution in [2.75, 3.05) is 26.9 Å². The first-order valence-electron chi connectivity index (χ1n) is 14.6. The van der Waals surface area contributed by atoms with E-state index in [9.17, 15) is 19.5 Å². The molecule has 2 heterocycles. The van der Waals surface area contributed by atoms with Crippen LogP contribution in [0.1, 0.15) is 55.1 Å². The van der Waals surface area contributed by atoms with Crippen LogP contribution in [0.25, 0.3) is 0 Å². The fourth-order valence-corrected chi connectivity index (χ4v) is 5.52. The summed E-state index contributed by atoms with van der Waals surface area (Å²) in [6.07, 6.45) is -3.57. The number of carbonyl (C=O) groups excluding carboxylic acids is 3. The van der Waals surface area contributed by atoms with Crippen LogP contribution in [0.5, 0.6) is 0 Å². The first kappa shape index (κ1) is 34.3. The number of hydrogen-bond donors (Lipinski definition) is 1. The van der Waals surface area contributed by atoms with Gasteiger partial charge in [0.2, 0.25) is 0 Å². The molecule has 0 spiro atoms. The molecule has 1 N–H and O–H groups in total. The van der Waals surface area contributed by atoms with Gasteiger partial charge in [0.15, 0.2) is 12.2 Å². The number of halogens is 1. The van der Waals surface area contributed by atoms with Crippen molar-refractivity contribution in [1.29, 1.82) is 0 Å². The summed E-state index contributed by atoms with van der Waals surface area (Å²) in [5.41, 5.74) is 1.75. The molecule has 1 aliphatic rings. The van der Waals surface area contributed by atoms with Crippen LogP contribution in [0.3, 0.4) is 0 Å². The minimum atomic E-state index is -1.39. The van der Waals surface area contributed by atoms with Crippen LogP contribution < -0.4 is 0 Å². The van der Waals surface area contributed by atoms with E-state index in [-0.39, 0.29) is 19.0 Å². The van der Waals surface area contributed by atoms with Crippen molar-refractivity contribution in [2.45, 2.75) is 63.8 Å². The summed E-state index contributed by atoms with van der Waals surface area (Å²) in [4.78, 5) is 39.7. The number of ether oxygens (including phenoxy) is 5. The highest BCUT2D eigenvalue weighted by Gasteiger charge is 2.48. The van der Waals surface area contributed by atoms with E-state index in [1.54, 1.807) is 13.0 Å². The van der Waals surface area contributed by atoms with Gasteiger partial charge in [0.05, 0.1) is 30.3 Å². The summed E-state index contributed by atoms with van der Waals surface area (Å²) in [6, 6.07) is 19.8. The van der Waals surface area contributed by atoms with Gasteiger partial charge in [0.1, 0.15) is 23.7 Å². The molecule has 45 heavy (non-hydrogen) atoms. The fraction of sp³-hybridized carbons (Fsp3) is 0.424. The molecule has 12 heteroatoms. The van der Waals surface area contributed by atoms with Gasteiger partial charge < -0.3 is 33.2 Å². The maximum atomic E-state index is 13.7. The molecule has 5 unspecified atom stereocenters. The van der Waals surface area contributed by atoms with Gasteiger partial charge in [0.25, 0.3) is 5.91 Å². The van der Waals surface area contributed by atoms with Crippen LogP contribution in [-0.4, -0.2) is 73.2 Å². The predicted molar refractivity (Wildman–Crippen MR) is 165 cm³/mol. The second kappa shape index (κ2) is 16.7. The molecule has 0 bridgehead atoms. The summed E-state index contributed by atoms with van der Waals surface area (Å²) < 4.78 is 34.7. The number of amides is 2. The Labute approximate surface area is 270 Å². The molecule has 11 nitrogen and oxygen atoms in total. The summed E-state index contributed by atoms with van der Waals surface area (Å²) in [7, 11) is 1.29. The van der Waals surface area contributed by atoms with Gasteiger partial charge >= 0.3 is 12.1 Å². The van der Waals surface area contributed by atoms with Crippen molar-refractivity contribution in [3.05, 3.63) is 93.9 Å². The molecule has 2 aromatic carbocycles. The van der Waals surface area contributed by atoms with E-state index in [0.29, 0.717) is 36.3 Å². The van der Waals surface area contributed by atoms with Gasteiger partial charge in [-0.2, -0.15) is 0 Å². The van der Waals surface area contributed by atoms with E-state index in [1.807, 2.05) is 60.7 Å². The summed E-state index contributed by atoms with van der Waals surface area (Å²) in [5, 5.41) is 9.63. The lowest BCUT2D eigenvalue weighted by molar-refractivity contribution is -0.164. The average molecular weight is 689 g/mol. The molecular formula is C33H38BrNO10. The summed E-state index contributed by atoms with van der Waals surface area (Å²) >= 11 is 3.49. The molecule has 0 saturated carbocycles. The van der Waals surface area contributed by atoms with E-state index >= 15 is 0 Å². The molecule has 5 atom stereocenters. The third-order valence-electron chi connectivity index (χ3n) is 7.29. The molecule has 1 aliphatic heterocycles. The zero-order valence-corrected chi connectivity index (χ0v) is 27.0. The quantitative estimate of drug-likeness (QED) is 0.156. The highest BCUT2D eigenvalue weighted by Crippen LogP contribution is 2.36. The molecule has 242 valence electrons. The molecule has 1 fully saturated rings. The number of aryl methyl sites for hydroxylation is 1. The van der Waals surface area contributed by atoms with Crippen LogP contribution in [0.15, 0.2) is 75.6 Å². The monoisotopic (exact) mass is 687 g/mol. The lowest BCUT2D eigenvalue weighted by atomic mass is 10.0. The standard InChI is InChI=1S/C33H38BrNO10/c1-21-29(24-13-8-5-9-14-24)45-33(39)35(21)32(38)31(40-3)30(43-22(2)37)28-17-26(34)27(44-28)15-10-16-41-20-25(18-36)42-19-23-11-6-4-7-12-23/h4-9,11-14,17,21,25,29-31,36H,10,15-16,18-20H2,1-3H3. The number of benzene rings is 2. The van der Waals surface area contributed by atoms with Crippen LogP contribution >= 0.6 is 15.9 Å². The maximum absolute atomic E-state index is 13.7. The minimum Gasteiger partial charge on any atom is -0.461 e. The van der Waals surface area contributed by atoms with Gasteiger partial charge in [-0.25, -0.2) is 9.69 Å². The van der Waals surface area contributed by atoms with Crippen molar-refractivity contribution in [1.82, 2.24) is 4.90 Å². The van der Waals surface area contributed by atoms with Gasteiger partial charge in [0, 0.05) is 27.1 Å². The van der Waals surface area contributed by atoms with Gasteiger partial charge in [-0.05, 0) is 46.5 Å². The number of methoxy groups -OCH3 is 1. The Kier molecular flexibility index (Phi) is 12.7. The van der Waals surface area contributed by atoms with Crippen LogP contribution in [0.4, 0.5) is 4.79 Å². The van der Waals surface area contributed by atoms with Crippen LogP contribution in [0.2, 0.25) is 0 Å². The van der Waals surface area contributed by atoms with E-state index in [2.05, 4.69) is 15.9 Å². The van der Waals surface area contributed by atoms with Crippen molar-refractivity contribution in [3.8, 4) is 0 Å². The fourth-order valence-electron chi connectivity index (χ4n) is 5.01. The second-order valence-electron chi connectivity index (χ2n) is 10.5. The van der Waals surface area contributed by atoms with Crippen molar-refractivity contribution in [2.24, 2.45) is 0 Å². The Hall–Kier alpha value is -3.55. The van der Waals surface area contributed by atoms with Crippen LogP contribution in [0, 0.1) is 0 Å². The van der Waals surface area contributed by atoms with Crippen LogP contribution in [-0.2, 0) is 46.3 Å². The molecule has 1 saturated heterocycles. The Bertz CT molecular complexity index is 1400. The minimum absolute atomic E-state index is 0.169. The molecule has 1 aromatic heterocycles. The number of hydrogen-bond acceptors (Lipinski definition) is 10. The number of furan rings is 1. The zero-order valence-electron chi connectivity index (χ0n) is 25.4. The normalized spacial score (nSPS) is 18.3. The van der Waals surface area contributed by atoms with E-state index in [4.69, 9.17) is 28.1 Å². The number of cyclic esters (lactones) is 1. The smallest absolute Gasteiger partial charge is 0.417 e. The molecule has 0 aliphatic carbocycles. The summed E-state index contributed by atoms with van der Waals surface area (Å²) in [6.45, 7) is 3.72. The number of esters is 1. The number of aliphatic hydroxyl groups is 1. The Morgan fingerprint density at radius 2 is 1.78 bits per heavy atom. The number of rotatable bonds is 16. The van der Waals surface area contributed by atoms with E-state index in [0.717, 1.165) is 16.0 Å². The third-order valence-corrected chi connectivity index (χ3v) is 7.96. The number of nitrogens with zero attached hydrogens (tertiary/aromatic N) is 1. The molecule has 0 radical (unpaired) electrons. The number of aliphatic hydroxyl groups excluding tert-OH is 1. The molecule has 4 rings (SSSR count). The Morgan fingerprint density at radius 1 is 1.09 bits per heavy atom. The topological polar surface area (TPSA) is 134 Å². The lowest BCUT2D eigenvalue weighted by Crippen LogP contribution is -2.47. The first-order chi connectivity index (χ1) is 21.7. The first-order valence-corrected chi connectivity index (χ1v) is 15.4. The second-order valence-corrected chi connectivity index (χ2v) is 11.4. The highest BCUT2D eigenvalue weighted by atomic mass is 79.9. The largest absolute Gasteiger partial charge is 0.461 e. The zero-order chi connectivity index (χ0) is 32.3. The SMILES string of the molecule is COC(C(=O)N1C(=O)OC(c2ccccc2)C1C)C(OC(C)=O)c1cc(Br)c(CCCOCC(CO)OCc2ccccc2)o1. The highest BCUT2D eigenvalue weighted by molar-refractivity contribution is 9.10. The number of imide groups is 1. The Morgan fingerprint density at radius 3 is 2.42 bits per heavy atom. The molecular weight excluding hydrogens is 650 g/mol. The van der Waals surface area contributed by atoms with Crippen molar-refractivity contribution in [3.63, 3.8) is 0 Å². The third kappa shape index (κ3) is 9.01. The van der Waals surface area contributed by atoms with E-state index < -0.39 is 48.4 Å². The van der Waals surface area contributed by atoms with E-state index in [1.165, 1.54) is 14.0 Å². The lowest BCUT2D eigenvalue weighted by Gasteiger charge is -2.27. The summed E-state index contributed by atoms with van der Waals surface area (Å²) in [5.74, 6) is -0.674. The van der Waals surface area contributed by atoms with Crippen molar-refractivity contribution >= 4 is 33.9 Å². The molecule has 3 aromatic rings. The van der Waals surface area contributed by atoms with Gasteiger partial charge in [-0.15, -0.1) is 0 Å². The number of carbonyl (C=O) groups is 3. The average Bonchev–Trinajstić information content (AvgIpc) is 3.56. The predicted octanol–water partition coefficient (Wildman–Crippen LogP) is 5.30. The van der Waals surface area contributed by atoms with Gasteiger partial charge in [-0.1, -0.05) is 60.7 Å². The maximum Gasteiger partial charge on any atom is 0.417 e. The molecule has 2 amide bonds. The van der Waals surface area contributed by atoms with Gasteiger partial charge in [-0.3, -0.25) is 9.59 Å². The Balaban J connectivity index is 1.37. The van der Waals surface area contributed by atoms with Crippen molar-refractivity contribution < 1.29 is 47.6 Å².